The highest BCUT2D eigenvalue weighted by Gasteiger charge is 2.28. The summed E-state index contributed by atoms with van der Waals surface area (Å²) in [4.78, 5) is 16.3. The number of nitrogens with one attached hydrogen (secondary N) is 1. The van der Waals surface area contributed by atoms with Crippen LogP contribution < -0.4 is 10.1 Å². The molecule has 0 saturated heterocycles. The highest BCUT2D eigenvalue weighted by atomic mass is 16.5. The minimum absolute atomic E-state index is 0.0658. The van der Waals surface area contributed by atoms with Crippen LogP contribution in [0.15, 0.2) is 30.7 Å². The number of benzene rings is 1. The van der Waals surface area contributed by atoms with Crippen molar-refractivity contribution in [3.63, 3.8) is 0 Å². The Morgan fingerprint density at radius 1 is 1.45 bits per heavy atom. The Balaban J connectivity index is 1.78. The van der Waals surface area contributed by atoms with Gasteiger partial charge >= 0.3 is 0 Å². The lowest BCUT2D eigenvalue weighted by Gasteiger charge is -2.33. The fourth-order valence-electron chi connectivity index (χ4n) is 2.68. The van der Waals surface area contributed by atoms with Crippen molar-refractivity contribution in [1.82, 2.24) is 9.55 Å². The van der Waals surface area contributed by atoms with Crippen molar-refractivity contribution in [1.29, 1.82) is 0 Å². The van der Waals surface area contributed by atoms with Crippen LogP contribution in [0.4, 0.5) is 5.69 Å². The molecular weight excluding hydrogens is 278 g/mol. The van der Waals surface area contributed by atoms with E-state index in [0.717, 1.165) is 35.5 Å². The van der Waals surface area contributed by atoms with Gasteiger partial charge in [-0.05, 0) is 38.3 Å². The maximum Gasteiger partial charge on any atom is 0.230 e. The highest BCUT2D eigenvalue weighted by molar-refractivity contribution is 5.93. The Morgan fingerprint density at radius 3 is 3.00 bits per heavy atom. The molecule has 0 atom stereocenters. The van der Waals surface area contributed by atoms with Crippen LogP contribution in [0.25, 0.3) is 0 Å². The Labute approximate surface area is 130 Å². The number of aryl methyl sites for hydroxylation is 2. The molecule has 0 radical (unpaired) electrons. The van der Waals surface area contributed by atoms with Crippen molar-refractivity contribution in [2.45, 2.75) is 38.7 Å². The van der Waals surface area contributed by atoms with Crippen molar-refractivity contribution in [2.75, 3.05) is 5.32 Å². The molecule has 1 aliphatic heterocycles. The molecule has 2 heterocycles. The minimum atomic E-state index is -0.199. The van der Waals surface area contributed by atoms with Gasteiger partial charge in [-0.2, -0.15) is 0 Å². The predicted octanol–water partition coefficient (Wildman–Crippen LogP) is 2.70. The first kappa shape index (κ1) is 14.6. The van der Waals surface area contributed by atoms with Crippen molar-refractivity contribution in [3.05, 3.63) is 42.0 Å². The average molecular weight is 299 g/mol. The van der Waals surface area contributed by atoms with Crippen molar-refractivity contribution >= 4 is 11.6 Å². The zero-order chi connectivity index (χ0) is 15.7. The summed E-state index contributed by atoms with van der Waals surface area (Å²) >= 11 is 0. The number of carbonyl (C=O) groups excluding carboxylic acids is 1. The van der Waals surface area contributed by atoms with E-state index in [2.05, 4.69) is 30.2 Å². The molecule has 1 amide bonds. The summed E-state index contributed by atoms with van der Waals surface area (Å²) in [6.07, 6.45) is 5.64. The zero-order valence-corrected chi connectivity index (χ0v) is 13.2. The van der Waals surface area contributed by atoms with Crippen LogP contribution in [0.5, 0.6) is 5.75 Å². The number of amides is 1. The number of anilines is 1. The molecule has 3 rings (SSSR count). The molecule has 5 nitrogen and oxygen atoms in total. The smallest absolute Gasteiger partial charge is 0.230 e. The second kappa shape index (κ2) is 5.48. The van der Waals surface area contributed by atoms with E-state index in [9.17, 15) is 4.79 Å². The SMILES string of the molecule is Cn1cncc1CC(=O)Nc1cccc2c1OC(C)(C)CC2. The standard InChI is InChI=1S/C17H21N3O2/c1-17(2)8-7-12-5-4-6-14(16(12)22-17)19-15(21)9-13-10-18-11-20(13)3/h4-6,10-11H,7-9H2,1-3H3,(H,19,21). The van der Waals surface area contributed by atoms with Gasteiger partial charge in [0.15, 0.2) is 0 Å². The van der Waals surface area contributed by atoms with Gasteiger partial charge in [0.05, 0.1) is 18.4 Å². The molecule has 1 N–H and O–H groups in total. The molecule has 0 bridgehead atoms. The second-order valence-corrected chi connectivity index (χ2v) is 6.38. The highest BCUT2D eigenvalue weighted by Crippen LogP contribution is 2.38. The topological polar surface area (TPSA) is 56.2 Å². The van der Waals surface area contributed by atoms with E-state index in [4.69, 9.17) is 4.74 Å². The van der Waals surface area contributed by atoms with Gasteiger partial charge in [0.1, 0.15) is 11.4 Å². The molecular formula is C17H21N3O2. The quantitative estimate of drug-likeness (QED) is 0.948. The summed E-state index contributed by atoms with van der Waals surface area (Å²) < 4.78 is 7.92. The summed E-state index contributed by atoms with van der Waals surface area (Å²) in [6.45, 7) is 4.15. The van der Waals surface area contributed by atoms with Gasteiger partial charge in [-0.3, -0.25) is 4.79 Å². The number of fused-ring (bicyclic) bond motifs is 1. The first-order valence-electron chi connectivity index (χ1n) is 7.50. The molecule has 0 saturated carbocycles. The molecule has 1 aromatic carbocycles. The van der Waals surface area contributed by atoms with Gasteiger partial charge in [0.25, 0.3) is 0 Å². The molecule has 1 aliphatic rings. The van der Waals surface area contributed by atoms with Crippen LogP contribution in [-0.4, -0.2) is 21.1 Å². The largest absolute Gasteiger partial charge is 0.485 e. The van der Waals surface area contributed by atoms with Crippen LogP contribution >= 0.6 is 0 Å². The number of rotatable bonds is 3. The number of ether oxygens (including phenoxy) is 1. The van der Waals surface area contributed by atoms with E-state index < -0.39 is 0 Å². The molecule has 2 aromatic rings. The van der Waals surface area contributed by atoms with Crippen molar-refractivity contribution < 1.29 is 9.53 Å². The molecule has 0 spiro atoms. The average Bonchev–Trinajstić information content (AvgIpc) is 2.84. The van der Waals surface area contributed by atoms with Crippen LogP contribution in [0.2, 0.25) is 0 Å². The molecule has 1 aromatic heterocycles. The second-order valence-electron chi connectivity index (χ2n) is 6.38. The van der Waals surface area contributed by atoms with Crippen LogP contribution in [0.1, 0.15) is 31.5 Å². The Kier molecular flexibility index (Phi) is 3.64. The first-order chi connectivity index (χ1) is 10.4. The molecule has 5 heteroatoms. The molecule has 116 valence electrons. The third-order valence-corrected chi connectivity index (χ3v) is 4.00. The van der Waals surface area contributed by atoms with Gasteiger partial charge in [-0.1, -0.05) is 12.1 Å². The number of aromatic nitrogens is 2. The summed E-state index contributed by atoms with van der Waals surface area (Å²) in [5, 5.41) is 2.97. The Hall–Kier alpha value is -2.30. The van der Waals surface area contributed by atoms with Crippen molar-refractivity contribution in [3.8, 4) is 5.75 Å². The Morgan fingerprint density at radius 2 is 2.27 bits per heavy atom. The molecule has 0 aliphatic carbocycles. The number of para-hydroxylation sites is 1. The lowest BCUT2D eigenvalue weighted by atomic mass is 9.94. The summed E-state index contributed by atoms with van der Waals surface area (Å²) in [5.41, 5.74) is 2.58. The van der Waals surface area contributed by atoms with Crippen LogP contribution in [0, 0.1) is 0 Å². The van der Waals surface area contributed by atoms with E-state index in [1.807, 2.05) is 23.7 Å². The molecule has 0 unspecified atom stereocenters. The number of imidazole rings is 1. The third kappa shape index (κ3) is 2.98. The predicted molar refractivity (Wildman–Crippen MR) is 85.0 cm³/mol. The fourth-order valence-corrected chi connectivity index (χ4v) is 2.68. The van der Waals surface area contributed by atoms with E-state index in [1.54, 1.807) is 12.5 Å². The van der Waals surface area contributed by atoms with E-state index in [0.29, 0.717) is 6.42 Å². The van der Waals surface area contributed by atoms with Gasteiger partial charge < -0.3 is 14.6 Å². The number of nitrogens with zero attached hydrogens (tertiary/aromatic N) is 2. The van der Waals surface area contributed by atoms with Gasteiger partial charge in [-0.15, -0.1) is 0 Å². The third-order valence-electron chi connectivity index (χ3n) is 4.00. The zero-order valence-electron chi connectivity index (χ0n) is 13.2. The number of hydrogen-bond donors (Lipinski definition) is 1. The van der Waals surface area contributed by atoms with Crippen LogP contribution in [-0.2, 0) is 24.7 Å². The van der Waals surface area contributed by atoms with E-state index in [1.165, 1.54) is 0 Å². The summed E-state index contributed by atoms with van der Waals surface area (Å²) in [5.74, 6) is 0.737. The van der Waals surface area contributed by atoms with Crippen LogP contribution in [0.3, 0.4) is 0 Å². The normalized spacial score (nSPS) is 15.8. The minimum Gasteiger partial charge on any atom is -0.485 e. The maximum atomic E-state index is 12.3. The fraction of sp³-hybridized carbons (Fsp3) is 0.412. The van der Waals surface area contributed by atoms with Crippen molar-refractivity contribution in [2.24, 2.45) is 7.05 Å². The van der Waals surface area contributed by atoms with E-state index >= 15 is 0 Å². The first-order valence-corrected chi connectivity index (χ1v) is 7.50. The lowest BCUT2D eigenvalue weighted by molar-refractivity contribution is -0.115. The molecule has 0 fully saturated rings. The van der Waals surface area contributed by atoms with Gasteiger partial charge in [0.2, 0.25) is 5.91 Å². The molecule has 22 heavy (non-hydrogen) atoms. The summed E-state index contributed by atoms with van der Waals surface area (Å²) in [6, 6.07) is 5.91. The summed E-state index contributed by atoms with van der Waals surface area (Å²) in [7, 11) is 1.88. The maximum absolute atomic E-state index is 12.3. The Bertz CT molecular complexity index is 704. The number of hydrogen-bond acceptors (Lipinski definition) is 3. The lowest BCUT2D eigenvalue weighted by Crippen LogP contribution is -2.33. The number of carbonyl (C=O) groups is 1. The van der Waals surface area contributed by atoms with Gasteiger partial charge in [-0.25, -0.2) is 4.98 Å². The monoisotopic (exact) mass is 299 g/mol. The van der Waals surface area contributed by atoms with Gasteiger partial charge in [0, 0.05) is 18.9 Å². The van der Waals surface area contributed by atoms with E-state index in [-0.39, 0.29) is 11.5 Å².